The van der Waals surface area contributed by atoms with Crippen molar-refractivity contribution < 1.29 is 17.9 Å². The van der Waals surface area contributed by atoms with Crippen molar-refractivity contribution in [2.24, 2.45) is 0 Å². The Kier molecular flexibility index (Phi) is 6.42. The Labute approximate surface area is 217 Å². The first-order chi connectivity index (χ1) is 17.2. The highest BCUT2D eigenvalue weighted by atomic mass is 35.5. The number of carbonyl (C=O) groups excluding carboxylic acids is 1. The molecule has 5 rings (SSSR count). The number of benzene rings is 3. The number of nitrogens with zero attached hydrogens (tertiary/aromatic N) is 3. The number of anilines is 2. The van der Waals surface area contributed by atoms with Crippen LogP contribution in [0.5, 0.6) is 5.75 Å². The van der Waals surface area contributed by atoms with Crippen LogP contribution in [0.4, 0.5) is 10.8 Å². The van der Waals surface area contributed by atoms with E-state index in [2.05, 4.69) is 15.5 Å². The van der Waals surface area contributed by atoms with E-state index in [1.54, 1.807) is 54.6 Å². The van der Waals surface area contributed by atoms with Crippen molar-refractivity contribution in [2.45, 2.75) is 24.8 Å². The highest BCUT2D eigenvalue weighted by Crippen LogP contribution is 2.38. The van der Waals surface area contributed by atoms with Crippen LogP contribution in [-0.2, 0) is 14.8 Å². The first-order valence-corrected chi connectivity index (χ1v) is 13.6. The average Bonchev–Trinajstić information content (AvgIpc) is 3.32. The number of rotatable bonds is 5. The van der Waals surface area contributed by atoms with E-state index in [0.29, 0.717) is 21.5 Å². The minimum absolute atomic E-state index is 0.137. The van der Waals surface area contributed by atoms with Gasteiger partial charge in [0.15, 0.2) is 6.10 Å². The number of aromatic nitrogens is 2. The molecule has 1 aliphatic rings. The molecule has 0 bridgehead atoms. The predicted molar refractivity (Wildman–Crippen MR) is 140 cm³/mol. The standard InChI is InChI=1S/C25H21ClN4O4S2/c1-15-3-10-19(11-4-15)36(32,33)30-14-22(34-21-12-5-16(2)13-20(21)30)23(31)27-25-29-28-24(35-25)17-6-8-18(26)9-7-17/h3-13,22H,14H2,1-2H3,(H,27,29,31). The van der Waals surface area contributed by atoms with Gasteiger partial charge in [0.1, 0.15) is 10.8 Å². The number of hydrogen-bond acceptors (Lipinski definition) is 7. The minimum atomic E-state index is -3.95. The van der Waals surface area contributed by atoms with Crippen LogP contribution in [0.25, 0.3) is 10.6 Å². The largest absolute Gasteiger partial charge is 0.476 e. The summed E-state index contributed by atoms with van der Waals surface area (Å²) in [6.45, 7) is 3.56. The first kappa shape index (κ1) is 24.2. The topological polar surface area (TPSA) is 101 Å². The molecular formula is C25H21ClN4O4S2. The smallest absolute Gasteiger partial charge is 0.269 e. The van der Waals surface area contributed by atoms with Gasteiger partial charge in [0, 0.05) is 10.6 Å². The Morgan fingerprint density at radius 1 is 1.03 bits per heavy atom. The molecule has 1 N–H and O–H groups in total. The lowest BCUT2D eigenvalue weighted by Crippen LogP contribution is -2.48. The fourth-order valence-corrected chi connectivity index (χ4v) is 6.08. The number of sulfonamides is 1. The van der Waals surface area contributed by atoms with Gasteiger partial charge in [0.25, 0.3) is 15.9 Å². The summed E-state index contributed by atoms with van der Waals surface area (Å²) in [6, 6.07) is 18.9. The summed E-state index contributed by atoms with van der Waals surface area (Å²) in [6.07, 6.45) is -1.09. The first-order valence-electron chi connectivity index (χ1n) is 11.0. The van der Waals surface area contributed by atoms with Gasteiger partial charge in [-0.15, -0.1) is 10.2 Å². The Bertz CT molecular complexity index is 1540. The number of carbonyl (C=O) groups is 1. The third kappa shape index (κ3) is 4.79. The summed E-state index contributed by atoms with van der Waals surface area (Å²) in [5.74, 6) is -0.217. The third-order valence-corrected chi connectivity index (χ3v) is 8.57. The molecule has 1 amide bonds. The molecule has 36 heavy (non-hydrogen) atoms. The van der Waals surface area contributed by atoms with Gasteiger partial charge in [-0.1, -0.05) is 58.8 Å². The maximum atomic E-state index is 13.6. The van der Waals surface area contributed by atoms with Crippen molar-refractivity contribution >= 4 is 49.7 Å². The zero-order chi connectivity index (χ0) is 25.4. The fraction of sp³-hybridized carbons (Fsp3) is 0.160. The zero-order valence-corrected chi connectivity index (χ0v) is 21.7. The van der Waals surface area contributed by atoms with Crippen molar-refractivity contribution in [2.75, 3.05) is 16.2 Å². The van der Waals surface area contributed by atoms with Gasteiger partial charge in [-0.2, -0.15) is 0 Å². The Morgan fingerprint density at radius 3 is 2.44 bits per heavy atom. The molecular weight excluding hydrogens is 520 g/mol. The summed E-state index contributed by atoms with van der Waals surface area (Å²) in [7, 11) is -3.95. The molecule has 8 nitrogen and oxygen atoms in total. The van der Waals surface area contributed by atoms with Crippen LogP contribution in [0.1, 0.15) is 11.1 Å². The Balaban J connectivity index is 1.42. The molecule has 0 aliphatic carbocycles. The van der Waals surface area contributed by atoms with Crippen molar-refractivity contribution in [3.8, 4) is 16.3 Å². The molecule has 3 aromatic carbocycles. The van der Waals surface area contributed by atoms with Gasteiger partial charge in [-0.05, 0) is 55.8 Å². The van der Waals surface area contributed by atoms with E-state index in [1.165, 1.54) is 15.6 Å². The second-order valence-electron chi connectivity index (χ2n) is 8.34. The number of aryl methyl sites for hydroxylation is 2. The van der Waals surface area contributed by atoms with E-state index in [4.69, 9.17) is 16.3 Å². The number of ether oxygens (including phenoxy) is 1. The number of amides is 1. The lowest BCUT2D eigenvalue weighted by molar-refractivity contribution is -0.122. The van der Waals surface area contributed by atoms with Gasteiger partial charge in [0.05, 0.1) is 17.1 Å². The van der Waals surface area contributed by atoms with Gasteiger partial charge < -0.3 is 4.74 Å². The van der Waals surface area contributed by atoms with Crippen molar-refractivity contribution in [1.82, 2.24) is 10.2 Å². The summed E-state index contributed by atoms with van der Waals surface area (Å²) >= 11 is 7.13. The SMILES string of the molecule is Cc1ccc(S(=O)(=O)N2CC(C(=O)Nc3nnc(-c4ccc(Cl)cc4)s3)Oc3ccc(C)cc32)cc1. The van der Waals surface area contributed by atoms with Crippen molar-refractivity contribution in [1.29, 1.82) is 0 Å². The summed E-state index contributed by atoms with van der Waals surface area (Å²) in [5.41, 5.74) is 3.01. The van der Waals surface area contributed by atoms with Crippen molar-refractivity contribution in [3.63, 3.8) is 0 Å². The van der Waals surface area contributed by atoms with Crippen LogP contribution in [0.15, 0.2) is 71.6 Å². The van der Waals surface area contributed by atoms with Crippen LogP contribution in [0, 0.1) is 13.8 Å². The van der Waals surface area contributed by atoms with E-state index in [-0.39, 0.29) is 16.6 Å². The van der Waals surface area contributed by atoms with E-state index < -0.39 is 22.0 Å². The molecule has 0 saturated heterocycles. The third-order valence-electron chi connectivity index (χ3n) is 5.63. The monoisotopic (exact) mass is 540 g/mol. The minimum Gasteiger partial charge on any atom is -0.476 e. The summed E-state index contributed by atoms with van der Waals surface area (Å²) < 4.78 is 34.3. The number of nitrogens with one attached hydrogen (secondary N) is 1. The lowest BCUT2D eigenvalue weighted by Gasteiger charge is -2.34. The summed E-state index contributed by atoms with van der Waals surface area (Å²) in [4.78, 5) is 13.3. The molecule has 0 saturated carbocycles. The molecule has 1 atom stereocenters. The highest BCUT2D eigenvalue weighted by Gasteiger charge is 2.38. The normalized spacial score (nSPS) is 15.2. The van der Waals surface area contributed by atoms with Crippen LogP contribution in [-0.4, -0.2) is 37.2 Å². The van der Waals surface area contributed by atoms with Crippen LogP contribution in [0.3, 0.4) is 0 Å². The van der Waals surface area contributed by atoms with Crippen LogP contribution >= 0.6 is 22.9 Å². The number of halogens is 1. The fourth-order valence-electron chi connectivity index (χ4n) is 3.73. The van der Waals surface area contributed by atoms with E-state index in [1.807, 2.05) is 26.0 Å². The maximum Gasteiger partial charge on any atom is 0.269 e. The molecule has 1 aromatic heterocycles. The van der Waals surface area contributed by atoms with E-state index >= 15 is 0 Å². The second-order valence-corrected chi connectivity index (χ2v) is 11.6. The van der Waals surface area contributed by atoms with Gasteiger partial charge >= 0.3 is 0 Å². The molecule has 0 radical (unpaired) electrons. The van der Waals surface area contributed by atoms with Gasteiger partial charge in [-0.25, -0.2) is 8.42 Å². The molecule has 1 aliphatic heterocycles. The quantitative estimate of drug-likeness (QED) is 0.379. The second kappa shape index (κ2) is 9.53. The molecule has 0 fully saturated rings. The molecule has 2 heterocycles. The molecule has 0 spiro atoms. The highest BCUT2D eigenvalue weighted by molar-refractivity contribution is 7.92. The number of fused-ring (bicyclic) bond motifs is 1. The maximum absolute atomic E-state index is 13.6. The Morgan fingerprint density at radius 2 is 1.72 bits per heavy atom. The zero-order valence-electron chi connectivity index (χ0n) is 19.3. The Hall–Kier alpha value is -3.47. The molecule has 11 heteroatoms. The predicted octanol–water partition coefficient (Wildman–Crippen LogP) is 5.07. The van der Waals surface area contributed by atoms with Gasteiger partial charge in [-0.3, -0.25) is 14.4 Å². The van der Waals surface area contributed by atoms with Gasteiger partial charge in [0.2, 0.25) is 5.13 Å². The van der Waals surface area contributed by atoms with E-state index in [0.717, 1.165) is 16.7 Å². The molecule has 4 aromatic rings. The van der Waals surface area contributed by atoms with Crippen LogP contribution < -0.4 is 14.4 Å². The van der Waals surface area contributed by atoms with Crippen molar-refractivity contribution in [3.05, 3.63) is 82.9 Å². The average molecular weight is 541 g/mol. The van der Waals surface area contributed by atoms with E-state index in [9.17, 15) is 13.2 Å². The lowest BCUT2D eigenvalue weighted by atomic mass is 10.1. The molecule has 184 valence electrons. The molecule has 1 unspecified atom stereocenters. The summed E-state index contributed by atoms with van der Waals surface area (Å²) in [5, 5.41) is 12.4. The number of hydrogen-bond donors (Lipinski definition) is 1. The van der Waals surface area contributed by atoms with Crippen LogP contribution in [0.2, 0.25) is 5.02 Å².